The first-order chi connectivity index (χ1) is 13.2. The van der Waals surface area contributed by atoms with E-state index in [2.05, 4.69) is 5.10 Å². The van der Waals surface area contributed by atoms with Crippen LogP contribution in [0.25, 0.3) is 0 Å². The number of hydrogen-bond acceptors (Lipinski definition) is 4. The molecule has 0 bridgehead atoms. The number of carbonyl (C=O) groups is 2. The van der Waals surface area contributed by atoms with Crippen molar-refractivity contribution >= 4 is 17.5 Å². The van der Waals surface area contributed by atoms with Crippen LogP contribution in [0.4, 0.5) is 5.69 Å². The van der Waals surface area contributed by atoms with Crippen molar-refractivity contribution in [2.45, 2.75) is 26.0 Å². The molecule has 2 aromatic rings. The van der Waals surface area contributed by atoms with Gasteiger partial charge < -0.3 is 14.5 Å². The van der Waals surface area contributed by atoms with Crippen LogP contribution in [0, 0.1) is 5.92 Å². The molecule has 2 atom stereocenters. The molecular weight excluding hydrogens is 344 g/mol. The SMILES string of the molecule is CCn1ccc(C(=O)N2CC[C@@H]3OCC(=O)N(c4ccccc4)C[C@H]3C2)n1. The molecule has 0 aliphatic carbocycles. The van der Waals surface area contributed by atoms with Crippen molar-refractivity contribution in [1.29, 1.82) is 0 Å². The molecular formula is C20H24N4O3. The molecule has 2 amide bonds. The highest BCUT2D eigenvalue weighted by Crippen LogP contribution is 2.27. The van der Waals surface area contributed by atoms with Crippen molar-refractivity contribution < 1.29 is 14.3 Å². The first-order valence-corrected chi connectivity index (χ1v) is 9.45. The predicted molar refractivity (Wildman–Crippen MR) is 100 cm³/mol. The second-order valence-corrected chi connectivity index (χ2v) is 7.05. The lowest BCUT2D eigenvalue weighted by molar-refractivity contribution is -0.124. The van der Waals surface area contributed by atoms with Gasteiger partial charge in [-0.05, 0) is 31.5 Å². The summed E-state index contributed by atoms with van der Waals surface area (Å²) in [4.78, 5) is 29.0. The number of anilines is 1. The van der Waals surface area contributed by atoms with E-state index in [1.54, 1.807) is 15.6 Å². The molecule has 2 saturated heterocycles. The number of aryl methyl sites for hydroxylation is 1. The van der Waals surface area contributed by atoms with E-state index in [1.807, 2.05) is 48.4 Å². The fourth-order valence-corrected chi connectivity index (χ4v) is 3.85. The van der Waals surface area contributed by atoms with Gasteiger partial charge in [-0.2, -0.15) is 5.10 Å². The molecule has 142 valence electrons. The van der Waals surface area contributed by atoms with Crippen LogP contribution < -0.4 is 4.90 Å². The van der Waals surface area contributed by atoms with Crippen LogP contribution in [0.15, 0.2) is 42.6 Å². The molecule has 0 N–H and O–H groups in total. The highest BCUT2D eigenvalue weighted by Gasteiger charge is 2.38. The Morgan fingerprint density at radius 1 is 1.22 bits per heavy atom. The van der Waals surface area contributed by atoms with E-state index in [-0.39, 0.29) is 30.4 Å². The summed E-state index contributed by atoms with van der Waals surface area (Å²) in [5, 5.41) is 4.33. The third-order valence-corrected chi connectivity index (χ3v) is 5.34. The maximum atomic E-state index is 12.8. The monoisotopic (exact) mass is 368 g/mol. The number of ether oxygens (including phenoxy) is 1. The van der Waals surface area contributed by atoms with Crippen LogP contribution in [0.1, 0.15) is 23.8 Å². The number of carbonyl (C=O) groups excluding carboxylic acids is 2. The lowest BCUT2D eigenvalue weighted by atomic mass is 9.93. The van der Waals surface area contributed by atoms with Gasteiger partial charge in [-0.15, -0.1) is 0 Å². The van der Waals surface area contributed by atoms with Gasteiger partial charge in [-0.25, -0.2) is 0 Å². The van der Waals surface area contributed by atoms with Gasteiger partial charge in [-0.3, -0.25) is 14.3 Å². The molecule has 7 heteroatoms. The number of piperidine rings is 1. The number of nitrogens with zero attached hydrogens (tertiary/aromatic N) is 4. The number of aromatic nitrogens is 2. The highest BCUT2D eigenvalue weighted by molar-refractivity contribution is 5.95. The molecule has 2 aliphatic rings. The van der Waals surface area contributed by atoms with Crippen molar-refractivity contribution in [3.63, 3.8) is 0 Å². The topological polar surface area (TPSA) is 67.7 Å². The Kier molecular flexibility index (Phi) is 4.94. The third-order valence-electron chi connectivity index (χ3n) is 5.34. The van der Waals surface area contributed by atoms with Crippen LogP contribution in [0.2, 0.25) is 0 Å². The van der Waals surface area contributed by atoms with Crippen LogP contribution in [-0.2, 0) is 16.1 Å². The van der Waals surface area contributed by atoms with E-state index in [0.717, 1.165) is 18.7 Å². The van der Waals surface area contributed by atoms with E-state index in [4.69, 9.17) is 4.74 Å². The molecule has 7 nitrogen and oxygen atoms in total. The Hall–Kier alpha value is -2.67. The zero-order valence-corrected chi connectivity index (χ0v) is 15.5. The number of rotatable bonds is 3. The van der Waals surface area contributed by atoms with Crippen molar-refractivity contribution in [1.82, 2.24) is 14.7 Å². The van der Waals surface area contributed by atoms with E-state index >= 15 is 0 Å². The summed E-state index contributed by atoms with van der Waals surface area (Å²) in [5.41, 5.74) is 1.35. The number of benzene rings is 1. The average Bonchev–Trinajstić information content (AvgIpc) is 3.13. The molecule has 27 heavy (non-hydrogen) atoms. The summed E-state index contributed by atoms with van der Waals surface area (Å²) >= 11 is 0. The number of amides is 2. The minimum absolute atomic E-state index is 0.0000820. The molecule has 0 radical (unpaired) electrons. The number of para-hydroxylation sites is 1. The minimum Gasteiger partial charge on any atom is -0.368 e. The fourth-order valence-electron chi connectivity index (χ4n) is 3.85. The van der Waals surface area contributed by atoms with Gasteiger partial charge in [0.2, 0.25) is 0 Å². The van der Waals surface area contributed by atoms with E-state index in [9.17, 15) is 9.59 Å². The fraction of sp³-hybridized carbons (Fsp3) is 0.450. The summed E-state index contributed by atoms with van der Waals surface area (Å²) in [6, 6.07) is 11.4. The maximum absolute atomic E-state index is 12.8. The normalized spacial score (nSPS) is 23.1. The standard InChI is InChI=1S/C20H24N4O3/c1-2-23-11-8-17(21-23)20(26)22-10-9-18-15(12-22)13-24(19(25)14-27-18)16-6-4-3-5-7-16/h3-8,11,15,18H,2,9-10,12-14H2,1H3/t15-,18+/m1/s1. The summed E-state index contributed by atoms with van der Waals surface area (Å²) in [6.45, 7) is 4.56. The maximum Gasteiger partial charge on any atom is 0.274 e. The summed E-state index contributed by atoms with van der Waals surface area (Å²) < 4.78 is 7.63. The number of fused-ring (bicyclic) bond motifs is 1. The zero-order chi connectivity index (χ0) is 18.8. The Morgan fingerprint density at radius 3 is 2.78 bits per heavy atom. The highest BCUT2D eigenvalue weighted by atomic mass is 16.5. The van der Waals surface area contributed by atoms with Crippen molar-refractivity contribution in [2.24, 2.45) is 5.92 Å². The second kappa shape index (κ2) is 7.52. The minimum atomic E-state index is -0.0533. The van der Waals surface area contributed by atoms with Crippen LogP contribution in [0.3, 0.4) is 0 Å². The Bertz CT molecular complexity index is 820. The third kappa shape index (κ3) is 3.60. The second-order valence-electron chi connectivity index (χ2n) is 7.05. The largest absolute Gasteiger partial charge is 0.368 e. The smallest absolute Gasteiger partial charge is 0.274 e. The molecule has 1 aromatic carbocycles. The molecule has 0 spiro atoms. The molecule has 2 aliphatic heterocycles. The molecule has 0 unspecified atom stereocenters. The first-order valence-electron chi connectivity index (χ1n) is 9.45. The lowest BCUT2D eigenvalue weighted by Crippen LogP contribution is -2.49. The van der Waals surface area contributed by atoms with Gasteiger partial charge in [0.15, 0.2) is 0 Å². The predicted octanol–water partition coefficient (Wildman–Crippen LogP) is 1.80. The Morgan fingerprint density at radius 2 is 2.04 bits per heavy atom. The number of likely N-dealkylation sites (tertiary alicyclic amines) is 1. The van der Waals surface area contributed by atoms with Crippen molar-refractivity contribution in [2.75, 3.05) is 31.1 Å². The van der Waals surface area contributed by atoms with E-state index < -0.39 is 0 Å². The zero-order valence-electron chi connectivity index (χ0n) is 15.5. The van der Waals surface area contributed by atoms with Crippen LogP contribution in [0.5, 0.6) is 0 Å². The molecule has 0 saturated carbocycles. The van der Waals surface area contributed by atoms with Gasteiger partial charge in [0.1, 0.15) is 12.3 Å². The summed E-state index contributed by atoms with van der Waals surface area (Å²) in [5.74, 6) is 0.000247. The Labute approximate surface area is 158 Å². The first kappa shape index (κ1) is 17.7. The van der Waals surface area contributed by atoms with Gasteiger partial charge in [0.05, 0.1) is 6.10 Å². The van der Waals surface area contributed by atoms with E-state index in [0.29, 0.717) is 25.3 Å². The van der Waals surface area contributed by atoms with Gasteiger partial charge in [0, 0.05) is 44.0 Å². The van der Waals surface area contributed by atoms with Gasteiger partial charge in [-0.1, -0.05) is 18.2 Å². The average molecular weight is 368 g/mol. The van der Waals surface area contributed by atoms with Gasteiger partial charge >= 0.3 is 0 Å². The summed E-state index contributed by atoms with van der Waals surface area (Å²) in [7, 11) is 0. The van der Waals surface area contributed by atoms with Crippen molar-refractivity contribution in [3.8, 4) is 0 Å². The molecule has 1 aromatic heterocycles. The number of hydrogen-bond donors (Lipinski definition) is 0. The molecule has 3 heterocycles. The lowest BCUT2D eigenvalue weighted by Gasteiger charge is -2.37. The van der Waals surface area contributed by atoms with Gasteiger partial charge in [0.25, 0.3) is 11.8 Å². The van der Waals surface area contributed by atoms with Crippen LogP contribution in [-0.4, -0.2) is 58.8 Å². The molecule has 2 fully saturated rings. The van der Waals surface area contributed by atoms with Crippen molar-refractivity contribution in [3.05, 3.63) is 48.3 Å². The quantitative estimate of drug-likeness (QED) is 0.829. The summed E-state index contributed by atoms with van der Waals surface area (Å²) in [6.07, 6.45) is 2.56. The Balaban J connectivity index is 1.51. The van der Waals surface area contributed by atoms with E-state index in [1.165, 1.54) is 0 Å². The van der Waals surface area contributed by atoms with Crippen LogP contribution >= 0.6 is 0 Å². The molecule has 4 rings (SSSR count).